The molecule has 0 saturated heterocycles. The Labute approximate surface area is 87.2 Å². The molecule has 0 unspecified atom stereocenters. The van der Waals surface area contributed by atoms with Gasteiger partial charge in [0.25, 0.3) is 0 Å². The van der Waals surface area contributed by atoms with Crippen molar-refractivity contribution in [1.29, 1.82) is 0 Å². The van der Waals surface area contributed by atoms with Crippen molar-refractivity contribution in [2.24, 2.45) is 5.84 Å². The van der Waals surface area contributed by atoms with Gasteiger partial charge in [0.1, 0.15) is 0 Å². The first-order chi connectivity index (χ1) is 5.31. The van der Waals surface area contributed by atoms with E-state index in [9.17, 15) is 4.79 Å². The summed E-state index contributed by atoms with van der Waals surface area (Å²) >= 11 is 0. The van der Waals surface area contributed by atoms with Crippen molar-refractivity contribution >= 4 is 5.91 Å². The van der Waals surface area contributed by atoms with Crippen molar-refractivity contribution in [2.75, 3.05) is 0 Å². The SMILES string of the molecule is CCCCCCCC(=O)NN.[Zn+2]. The van der Waals surface area contributed by atoms with Gasteiger partial charge in [-0.3, -0.25) is 10.2 Å². The third kappa shape index (κ3) is 10.1. The quantitative estimate of drug-likeness (QED) is 0.235. The molecule has 0 fully saturated rings. The summed E-state index contributed by atoms with van der Waals surface area (Å²) in [6.45, 7) is 2.17. The van der Waals surface area contributed by atoms with Crippen molar-refractivity contribution < 1.29 is 24.3 Å². The van der Waals surface area contributed by atoms with Gasteiger partial charge in [0.05, 0.1) is 0 Å². The van der Waals surface area contributed by atoms with Crippen LogP contribution in [0.2, 0.25) is 0 Å². The summed E-state index contributed by atoms with van der Waals surface area (Å²) in [5, 5.41) is 0. The van der Waals surface area contributed by atoms with Crippen LogP contribution in [0, 0.1) is 0 Å². The number of hydrazine groups is 1. The zero-order valence-electron chi connectivity index (χ0n) is 7.94. The van der Waals surface area contributed by atoms with E-state index < -0.39 is 0 Å². The van der Waals surface area contributed by atoms with Gasteiger partial charge in [0.15, 0.2) is 0 Å². The first-order valence-electron chi connectivity index (χ1n) is 4.30. The van der Waals surface area contributed by atoms with Crippen molar-refractivity contribution in [2.45, 2.75) is 45.4 Å². The minimum atomic E-state index is -0.0542. The monoisotopic (exact) mass is 222 g/mol. The molecule has 0 saturated carbocycles. The fourth-order valence-corrected chi connectivity index (χ4v) is 0.961. The molecule has 3 nitrogen and oxygen atoms in total. The molecule has 3 N–H and O–H groups in total. The second-order valence-electron chi connectivity index (χ2n) is 2.73. The first-order valence-corrected chi connectivity index (χ1v) is 4.30. The molecule has 66 valence electrons. The molecular weight excluding hydrogens is 205 g/mol. The summed E-state index contributed by atoms with van der Waals surface area (Å²) in [4.78, 5) is 10.6. The van der Waals surface area contributed by atoms with Crippen LogP contribution in [-0.2, 0) is 24.3 Å². The Morgan fingerprint density at radius 1 is 1.25 bits per heavy atom. The summed E-state index contributed by atoms with van der Waals surface area (Å²) in [6, 6.07) is 0. The van der Waals surface area contributed by atoms with E-state index in [2.05, 4.69) is 12.3 Å². The predicted molar refractivity (Wildman–Crippen MR) is 45.7 cm³/mol. The maximum Gasteiger partial charge on any atom is 2.00 e. The van der Waals surface area contributed by atoms with Gasteiger partial charge in [-0.2, -0.15) is 0 Å². The normalized spacial score (nSPS) is 8.83. The minimum Gasteiger partial charge on any atom is -0.294 e. The molecule has 0 rings (SSSR count). The van der Waals surface area contributed by atoms with Crippen LogP contribution in [0.5, 0.6) is 0 Å². The molecule has 0 spiro atoms. The molecule has 12 heavy (non-hydrogen) atoms. The van der Waals surface area contributed by atoms with E-state index >= 15 is 0 Å². The average molecular weight is 224 g/mol. The van der Waals surface area contributed by atoms with E-state index in [1.165, 1.54) is 19.3 Å². The number of rotatable bonds is 6. The van der Waals surface area contributed by atoms with Gasteiger partial charge in [-0.1, -0.05) is 32.6 Å². The van der Waals surface area contributed by atoms with Gasteiger partial charge >= 0.3 is 19.5 Å². The van der Waals surface area contributed by atoms with Crippen molar-refractivity contribution in [3.8, 4) is 0 Å². The number of carbonyl (C=O) groups excluding carboxylic acids is 1. The summed E-state index contributed by atoms with van der Waals surface area (Å²) < 4.78 is 0. The van der Waals surface area contributed by atoms with Crippen LogP contribution < -0.4 is 11.3 Å². The van der Waals surface area contributed by atoms with Gasteiger partial charge in [-0.25, -0.2) is 5.84 Å². The molecule has 0 aromatic heterocycles. The molecule has 0 radical (unpaired) electrons. The van der Waals surface area contributed by atoms with Crippen LogP contribution in [0.25, 0.3) is 0 Å². The van der Waals surface area contributed by atoms with Gasteiger partial charge in [0, 0.05) is 6.42 Å². The zero-order chi connectivity index (χ0) is 8.53. The maximum absolute atomic E-state index is 10.6. The molecule has 0 aliphatic rings. The van der Waals surface area contributed by atoms with Crippen molar-refractivity contribution in [1.82, 2.24) is 5.43 Å². The zero-order valence-corrected chi connectivity index (χ0v) is 10.9. The van der Waals surface area contributed by atoms with Crippen LogP contribution in [0.1, 0.15) is 45.4 Å². The van der Waals surface area contributed by atoms with Crippen molar-refractivity contribution in [3.63, 3.8) is 0 Å². The Hall–Kier alpha value is 0.0534. The van der Waals surface area contributed by atoms with Crippen LogP contribution >= 0.6 is 0 Å². The molecule has 1 amide bonds. The summed E-state index contributed by atoms with van der Waals surface area (Å²) in [5.41, 5.74) is 2.12. The fraction of sp³-hybridized carbons (Fsp3) is 0.875. The molecule has 0 aromatic carbocycles. The number of amides is 1. The summed E-state index contributed by atoms with van der Waals surface area (Å²) in [6.07, 6.45) is 6.41. The van der Waals surface area contributed by atoms with E-state index in [1.807, 2.05) is 0 Å². The Balaban J connectivity index is 0. The number of nitrogens with one attached hydrogen (secondary N) is 1. The predicted octanol–water partition coefficient (Wildman–Crippen LogP) is 1.33. The number of hydrogen-bond donors (Lipinski definition) is 2. The molecule has 0 aromatic rings. The Morgan fingerprint density at radius 3 is 2.33 bits per heavy atom. The maximum atomic E-state index is 10.6. The number of nitrogens with two attached hydrogens (primary N) is 1. The largest absolute Gasteiger partial charge is 2.00 e. The Bertz CT molecular complexity index is 109. The molecule has 0 aliphatic heterocycles. The van der Waals surface area contributed by atoms with E-state index in [1.54, 1.807) is 0 Å². The van der Waals surface area contributed by atoms with Gasteiger partial charge in [-0.05, 0) is 6.42 Å². The Morgan fingerprint density at radius 2 is 1.83 bits per heavy atom. The first kappa shape index (κ1) is 14.6. The van der Waals surface area contributed by atoms with Gasteiger partial charge < -0.3 is 0 Å². The fourth-order valence-electron chi connectivity index (χ4n) is 0.961. The average Bonchev–Trinajstić information content (AvgIpc) is 2.04. The number of hydrogen-bond acceptors (Lipinski definition) is 2. The smallest absolute Gasteiger partial charge is 0.294 e. The van der Waals surface area contributed by atoms with E-state index in [0.29, 0.717) is 6.42 Å². The van der Waals surface area contributed by atoms with Gasteiger partial charge in [-0.15, -0.1) is 0 Å². The summed E-state index contributed by atoms with van der Waals surface area (Å²) in [5.74, 6) is 4.86. The van der Waals surface area contributed by atoms with Crippen LogP contribution in [-0.4, -0.2) is 5.91 Å². The summed E-state index contributed by atoms with van der Waals surface area (Å²) in [7, 11) is 0. The van der Waals surface area contributed by atoms with E-state index in [0.717, 1.165) is 12.8 Å². The van der Waals surface area contributed by atoms with Crippen LogP contribution in [0.3, 0.4) is 0 Å². The number of unbranched alkanes of at least 4 members (excludes halogenated alkanes) is 4. The number of carbonyl (C=O) groups is 1. The minimum absolute atomic E-state index is 0. The third-order valence-electron chi connectivity index (χ3n) is 1.67. The topological polar surface area (TPSA) is 55.1 Å². The van der Waals surface area contributed by atoms with E-state index in [4.69, 9.17) is 5.84 Å². The van der Waals surface area contributed by atoms with Crippen LogP contribution in [0.15, 0.2) is 0 Å². The third-order valence-corrected chi connectivity index (χ3v) is 1.67. The van der Waals surface area contributed by atoms with Crippen molar-refractivity contribution in [3.05, 3.63) is 0 Å². The standard InChI is InChI=1S/C8H18N2O.Zn/c1-2-3-4-5-6-7-8(11)10-9;/h2-7,9H2,1H3,(H,10,11);/q;+2. The van der Waals surface area contributed by atoms with Crippen LogP contribution in [0.4, 0.5) is 0 Å². The molecule has 0 atom stereocenters. The van der Waals surface area contributed by atoms with E-state index in [-0.39, 0.29) is 25.4 Å². The van der Waals surface area contributed by atoms with Gasteiger partial charge in [0.2, 0.25) is 5.91 Å². The second-order valence-corrected chi connectivity index (χ2v) is 2.73. The molecule has 0 bridgehead atoms. The molecule has 0 aliphatic carbocycles. The Kier molecular flexibility index (Phi) is 13.4. The second kappa shape index (κ2) is 11.1. The molecule has 0 heterocycles. The molecular formula is C8H18N2OZn+2. The molecule has 4 heteroatoms.